The minimum Gasteiger partial charge on any atom is -0.480 e. The Balaban J connectivity index is 5.74. The lowest BCUT2D eigenvalue weighted by Crippen LogP contribution is -2.59. The van der Waals surface area contributed by atoms with Gasteiger partial charge in [0.1, 0.15) is 30.2 Å². The molecule has 0 aliphatic carbocycles. The largest absolute Gasteiger partial charge is 0.480 e. The highest BCUT2D eigenvalue weighted by Crippen LogP contribution is 2.04. The molecule has 17 N–H and O–H groups in total. The van der Waals surface area contributed by atoms with Crippen molar-refractivity contribution >= 4 is 53.3 Å². The van der Waals surface area contributed by atoms with Gasteiger partial charge in [-0.3, -0.25) is 38.6 Å². The van der Waals surface area contributed by atoms with Gasteiger partial charge in [-0.05, 0) is 32.1 Å². The zero-order valence-corrected chi connectivity index (χ0v) is 27.6. The van der Waals surface area contributed by atoms with Crippen molar-refractivity contribution in [1.82, 2.24) is 31.9 Å². The topological polar surface area (TPSA) is 386 Å². The molecule has 0 saturated carbocycles. The molecule has 278 valence electrons. The summed E-state index contributed by atoms with van der Waals surface area (Å²) in [7, 11) is 0. The van der Waals surface area contributed by atoms with Crippen molar-refractivity contribution in [1.29, 1.82) is 0 Å². The molecule has 0 radical (unpaired) electrons. The first-order chi connectivity index (χ1) is 22.8. The van der Waals surface area contributed by atoms with Crippen LogP contribution in [0.3, 0.4) is 0 Å². The third kappa shape index (κ3) is 18.1. The summed E-state index contributed by atoms with van der Waals surface area (Å²) in [5.41, 5.74) is 21.6. The van der Waals surface area contributed by atoms with E-state index in [1.54, 1.807) is 0 Å². The second-order valence-electron chi connectivity index (χ2n) is 11.3. The molecule has 0 aliphatic heterocycles. The van der Waals surface area contributed by atoms with Crippen LogP contribution in [0.2, 0.25) is 0 Å². The number of aliphatic carboxylic acids is 1. The van der Waals surface area contributed by atoms with Crippen molar-refractivity contribution in [3.05, 3.63) is 0 Å². The summed E-state index contributed by atoms with van der Waals surface area (Å²) in [5.74, 6) is -8.39. The number of aliphatic hydroxyl groups is 2. The molecule has 0 aromatic heterocycles. The van der Waals surface area contributed by atoms with Crippen LogP contribution in [0.15, 0.2) is 4.99 Å². The Labute approximate surface area is 281 Å². The van der Waals surface area contributed by atoms with Crippen LogP contribution in [-0.2, 0) is 38.4 Å². The molecule has 0 bridgehead atoms. The van der Waals surface area contributed by atoms with Crippen LogP contribution in [0.5, 0.6) is 0 Å². The summed E-state index contributed by atoms with van der Waals surface area (Å²) < 4.78 is 0. The van der Waals surface area contributed by atoms with E-state index in [-0.39, 0.29) is 31.3 Å². The summed E-state index contributed by atoms with van der Waals surface area (Å²) in [6.07, 6.45) is -0.473. The summed E-state index contributed by atoms with van der Waals surface area (Å²) in [6, 6.07) is -8.70. The number of rotatable bonds is 23. The molecule has 0 spiro atoms. The maximum atomic E-state index is 13.2. The number of guanidine groups is 1. The minimum absolute atomic E-state index is 0.0122. The highest BCUT2D eigenvalue weighted by molar-refractivity contribution is 5.98. The lowest BCUT2D eigenvalue weighted by atomic mass is 10.0. The third-order valence-electron chi connectivity index (χ3n) is 6.49. The van der Waals surface area contributed by atoms with E-state index < -0.39 is 110 Å². The quantitative estimate of drug-likeness (QED) is 0.0267. The van der Waals surface area contributed by atoms with Gasteiger partial charge in [-0.15, -0.1) is 0 Å². The van der Waals surface area contributed by atoms with E-state index in [4.69, 9.17) is 33.1 Å². The van der Waals surface area contributed by atoms with Crippen molar-refractivity contribution in [3.63, 3.8) is 0 Å². The number of primary amides is 1. The van der Waals surface area contributed by atoms with Crippen LogP contribution in [-0.4, -0.2) is 131 Å². The number of carbonyl (C=O) groups excluding carboxylic acids is 7. The Morgan fingerprint density at radius 2 is 1.22 bits per heavy atom. The third-order valence-corrected chi connectivity index (χ3v) is 6.49. The standard InChI is InChI=1S/C27H49N11O11/c1-12(2)7-14(28)22(44)33-9-20(42)35-17(10-39)25(47)37-16(8-19(29)41)24(46)36-15(5-4-6-32-27(30)31)23(45)34-13(3)21(43)38-18(11-40)26(48)49/h12-18,39-40H,4-11,28H2,1-3H3,(H2,29,41)(H,33,44)(H,34,45)(H,35,42)(H,36,46)(H,37,47)(H,38,43)(H,48,49)(H4,30,31,32)/t13-,14-,15-,16-,17-,18-/m0/s1. The van der Waals surface area contributed by atoms with Crippen LogP contribution in [0.25, 0.3) is 0 Å². The van der Waals surface area contributed by atoms with Crippen molar-refractivity contribution in [3.8, 4) is 0 Å². The van der Waals surface area contributed by atoms with E-state index in [1.807, 2.05) is 19.2 Å². The second-order valence-corrected chi connectivity index (χ2v) is 11.3. The number of aliphatic hydroxyl groups excluding tert-OH is 2. The van der Waals surface area contributed by atoms with Gasteiger partial charge in [-0.2, -0.15) is 0 Å². The number of aliphatic imine (C=N–C) groups is 1. The molecule has 0 heterocycles. The predicted molar refractivity (Wildman–Crippen MR) is 171 cm³/mol. The molecule has 0 fully saturated rings. The Bertz CT molecular complexity index is 1210. The zero-order chi connectivity index (χ0) is 37.8. The number of amides is 7. The van der Waals surface area contributed by atoms with Crippen LogP contribution >= 0.6 is 0 Å². The molecule has 7 amide bonds. The van der Waals surface area contributed by atoms with Gasteiger partial charge in [0, 0.05) is 6.54 Å². The van der Waals surface area contributed by atoms with Gasteiger partial charge in [-0.25, -0.2) is 4.79 Å². The first-order valence-electron chi connectivity index (χ1n) is 15.1. The SMILES string of the molecule is CC(C)C[C@H](N)C(=O)NCC(=O)N[C@@H](CO)C(=O)N[C@@H](CC(N)=O)C(=O)N[C@@H](CCCN=C(N)N)C(=O)N[C@@H](C)C(=O)N[C@@H](CO)C(=O)O. The number of hydrogen-bond acceptors (Lipinski definition) is 12. The monoisotopic (exact) mass is 703 g/mol. The first kappa shape index (κ1) is 43.9. The van der Waals surface area contributed by atoms with Gasteiger partial charge >= 0.3 is 5.97 Å². The van der Waals surface area contributed by atoms with Gasteiger partial charge in [0.2, 0.25) is 41.4 Å². The van der Waals surface area contributed by atoms with E-state index in [9.17, 15) is 43.5 Å². The number of carboxylic acid groups (broad SMARTS) is 1. The van der Waals surface area contributed by atoms with Gasteiger partial charge in [0.25, 0.3) is 0 Å². The van der Waals surface area contributed by atoms with E-state index >= 15 is 0 Å². The number of nitrogens with zero attached hydrogens (tertiary/aromatic N) is 1. The number of nitrogens with one attached hydrogen (secondary N) is 6. The predicted octanol–water partition coefficient (Wildman–Crippen LogP) is -7.08. The zero-order valence-electron chi connectivity index (χ0n) is 27.6. The lowest BCUT2D eigenvalue weighted by Gasteiger charge is -2.25. The molecular weight excluding hydrogens is 654 g/mol. The van der Waals surface area contributed by atoms with Crippen LogP contribution < -0.4 is 54.8 Å². The normalized spacial score (nSPS) is 14.4. The molecule has 0 unspecified atom stereocenters. The Hall–Kier alpha value is -5.09. The number of carbonyl (C=O) groups is 8. The van der Waals surface area contributed by atoms with E-state index in [0.717, 1.165) is 0 Å². The number of nitrogens with two attached hydrogens (primary N) is 4. The highest BCUT2D eigenvalue weighted by Gasteiger charge is 2.32. The van der Waals surface area contributed by atoms with E-state index in [2.05, 4.69) is 31.6 Å². The van der Waals surface area contributed by atoms with Gasteiger partial charge < -0.3 is 70.2 Å². The average molecular weight is 704 g/mol. The maximum absolute atomic E-state index is 13.2. The number of carboxylic acids is 1. The highest BCUT2D eigenvalue weighted by atomic mass is 16.4. The Morgan fingerprint density at radius 3 is 1.73 bits per heavy atom. The van der Waals surface area contributed by atoms with Crippen LogP contribution in [0.1, 0.15) is 46.5 Å². The lowest BCUT2D eigenvalue weighted by molar-refractivity contribution is -0.143. The first-order valence-corrected chi connectivity index (χ1v) is 15.1. The van der Waals surface area contributed by atoms with Crippen LogP contribution in [0.4, 0.5) is 0 Å². The van der Waals surface area contributed by atoms with Crippen molar-refractivity contribution < 1.29 is 53.7 Å². The van der Waals surface area contributed by atoms with Gasteiger partial charge in [0.05, 0.1) is 32.2 Å². The van der Waals surface area contributed by atoms with Gasteiger partial charge in [-0.1, -0.05) is 13.8 Å². The Kier molecular flexibility index (Phi) is 20.1. The fourth-order valence-corrected chi connectivity index (χ4v) is 3.94. The number of hydrogen-bond donors (Lipinski definition) is 13. The molecule has 0 aromatic carbocycles. The summed E-state index contributed by atoms with van der Waals surface area (Å²) in [5, 5.41) is 41.2. The molecule has 0 saturated heterocycles. The van der Waals surface area contributed by atoms with E-state index in [1.165, 1.54) is 6.92 Å². The van der Waals surface area contributed by atoms with Crippen molar-refractivity contribution in [2.75, 3.05) is 26.3 Å². The summed E-state index contributed by atoms with van der Waals surface area (Å²) in [6.45, 7) is 2.43. The van der Waals surface area contributed by atoms with Gasteiger partial charge in [0.15, 0.2) is 5.96 Å². The van der Waals surface area contributed by atoms with Crippen LogP contribution in [0, 0.1) is 5.92 Å². The summed E-state index contributed by atoms with van der Waals surface area (Å²) in [4.78, 5) is 103. The fraction of sp³-hybridized carbons (Fsp3) is 0.667. The molecule has 0 aliphatic rings. The van der Waals surface area contributed by atoms with Crippen molar-refractivity contribution in [2.24, 2.45) is 33.8 Å². The molecular formula is C27H49N11O11. The smallest absolute Gasteiger partial charge is 0.328 e. The van der Waals surface area contributed by atoms with E-state index in [0.29, 0.717) is 6.42 Å². The summed E-state index contributed by atoms with van der Waals surface area (Å²) >= 11 is 0. The fourth-order valence-electron chi connectivity index (χ4n) is 3.94. The molecule has 0 rings (SSSR count). The molecule has 49 heavy (non-hydrogen) atoms. The second kappa shape index (κ2) is 22.5. The molecule has 22 heteroatoms. The molecule has 6 atom stereocenters. The molecule has 22 nitrogen and oxygen atoms in total. The molecule has 0 aromatic rings. The maximum Gasteiger partial charge on any atom is 0.328 e. The average Bonchev–Trinajstić information content (AvgIpc) is 3.00. The Morgan fingerprint density at radius 1 is 0.694 bits per heavy atom. The van der Waals surface area contributed by atoms with Crippen molar-refractivity contribution in [2.45, 2.75) is 82.7 Å². The minimum atomic E-state index is -1.72.